The van der Waals surface area contributed by atoms with Gasteiger partial charge in [0.15, 0.2) is 5.78 Å². The number of allylic oxidation sites excluding steroid dienone is 1. The molecule has 2 nitrogen and oxygen atoms in total. The largest absolute Gasteiger partial charge is 0.363 e. The molecule has 0 amide bonds. The van der Waals surface area contributed by atoms with E-state index in [2.05, 4.69) is 27.7 Å². The van der Waals surface area contributed by atoms with Crippen molar-refractivity contribution in [1.29, 1.82) is 0 Å². The van der Waals surface area contributed by atoms with Gasteiger partial charge in [-0.05, 0) is 26.0 Å². The molecule has 0 bridgehead atoms. The fourth-order valence-corrected chi connectivity index (χ4v) is 2.28. The Morgan fingerprint density at radius 1 is 1.31 bits per heavy atom. The standard InChI is InChI=1S/C11H16O2/c1-9(2)10(3,4)13-11(9)6-5-8(12)7-11/h5-6H,7H2,1-4H3. The lowest BCUT2D eigenvalue weighted by molar-refractivity contribution is -0.330. The molecule has 2 rings (SSSR count). The highest BCUT2D eigenvalue weighted by Gasteiger charge is 2.66. The number of hydrogen-bond donors (Lipinski definition) is 0. The summed E-state index contributed by atoms with van der Waals surface area (Å²) in [6.07, 6.45) is 4.10. The first-order valence-corrected chi connectivity index (χ1v) is 4.73. The van der Waals surface area contributed by atoms with Crippen LogP contribution >= 0.6 is 0 Å². The number of rotatable bonds is 0. The van der Waals surface area contributed by atoms with Gasteiger partial charge in [-0.2, -0.15) is 0 Å². The summed E-state index contributed by atoms with van der Waals surface area (Å²) in [5.41, 5.74) is -0.391. The molecule has 2 aliphatic rings. The maximum absolute atomic E-state index is 11.2. The van der Waals surface area contributed by atoms with Crippen molar-refractivity contribution >= 4 is 5.78 Å². The SMILES string of the molecule is CC1(C)OC2(C=CC(=O)C2)C1(C)C. The third-order valence-electron chi connectivity index (χ3n) is 3.98. The molecule has 13 heavy (non-hydrogen) atoms. The van der Waals surface area contributed by atoms with Crippen LogP contribution < -0.4 is 0 Å². The molecular formula is C11H16O2. The van der Waals surface area contributed by atoms with E-state index in [1.54, 1.807) is 6.08 Å². The number of carbonyl (C=O) groups excluding carboxylic acids is 1. The first kappa shape index (κ1) is 8.95. The van der Waals surface area contributed by atoms with Gasteiger partial charge in [0.25, 0.3) is 0 Å². The highest BCUT2D eigenvalue weighted by molar-refractivity contribution is 5.94. The van der Waals surface area contributed by atoms with Crippen LogP contribution in [0.4, 0.5) is 0 Å². The first-order chi connectivity index (χ1) is 5.81. The number of ketones is 1. The molecule has 1 saturated heterocycles. The minimum absolute atomic E-state index is 0.0443. The van der Waals surface area contributed by atoms with E-state index in [1.807, 2.05) is 6.08 Å². The molecule has 1 atom stereocenters. The summed E-state index contributed by atoms with van der Waals surface area (Å²) in [6, 6.07) is 0. The van der Waals surface area contributed by atoms with Gasteiger partial charge in [-0.3, -0.25) is 4.79 Å². The molecule has 0 aromatic heterocycles. The molecule has 2 heteroatoms. The molecule has 1 heterocycles. The predicted molar refractivity (Wildman–Crippen MR) is 50.4 cm³/mol. The van der Waals surface area contributed by atoms with Crippen LogP contribution in [0.2, 0.25) is 0 Å². The molecule has 0 aromatic rings. The van der Waals surface area contributed by atoms with Crippen molar-refractivity contribution in [1.82, 2.24) is 0 Å². The molecule has 72 valence electrons. The van der Waals surface area contributed by atoms with Crippen LogP contribution in [-0.4, -0.2) is 17.0 Å². The van der Waals surface area contributed by atoms with Gasteiger partial charge in [-0.25, -0.2) is 0 Å². The number of carbonyl (C=O) groups is 1. The Bertz CT molecular complexity index is 299. The van der Waals surface area contributed by atoms with E-state index in [-0.39, 0.29) is 22.4 Å². The Kier molecular flexibility index (Phi) is 1.42. The zero-order valence-electron chi connectivity index (χ0n) is 8.68. The summed E-state index contributed by atoms with van der Waals surface area (Å²) < 4.78 is 5.85. The average molecular weight is 180 g/mol. The van der Waals surface area contributed by atoms with Crippen molar-refractivity contribution in [2.24, 2.45) is 5.41 Å². The molecule has 1 aliphatic carbocycles. The summed E-state index contributed by atoms with van der Waals surface area (Å²) in [5, 5.41) is 0. The third kappa shape index (κ3) is 0.845. The molecule has 1 aliphatic heterocycles. The summed E-state index contributed by atoms with van der Waals surface area (Å²) in [6.45, 7) is 8.49. The van der Waals surface area contributed by atoms with Crippen molar-refractivity contribution < 1.29 is 9.53 Å². The van der Waals surface area contributed by atoms with Crippen molar-refractivity contribution in [3.8, 4) is 0 Å². The zero-order valence-corrected chi connectivity index (χ0v) is 8.68. The van der Waals surface area contributed by atoms with E-state index >= 15 is 0 Å². The van der Waals surface area contributed by atoms with Gasteiger partial charge in [0.1, 0.15) is 5.60 Å². The number of ether oxygens (including phenoxy) is 1. The second kappa shape index (κ2) is 2.06. The van der Waals surface area contributed by atoms with Gasteiger partial charge in [-0.15, -0.1) is 0 Å². The minimum Gasteiger partial charge on any atom is -0.363 e. The summed E-state index contributed by atoms with van der Waals surface area (Å²) >= 11 is 0. The molecule has 0 radical (unpaired) electrons. The minimum atomic E-state index is -0.312. The molecule has 1 fully saturated rings. The highest BCUT2D eigenvalue weighted by Crippen LogP contribution is 2.60. The molecule has 0 N–H and O–H groups in total. The summed E-state index contributed by atoms with van der Waals surface area (Å²) in [7, 11) is 0. The van der Waals surface area contributed by atoms with Crippen LogP contribution in [0.1, 0.15) is 34.1 Å². The van der Waals surface area contributed by atoms with Crippen LogP contribution in [0.3, 0.4) is 0 Å². The van der Waals surface area contributed by atoms with Crippen LogP contribution in [0.25, 0.3) is 0 Å². The average Bonchev–Trinajstić information content (AvgIpc) is 2.33. The third-order valence-corrected chi connectivity index (χ3v) is 3.98. The Morgan fingerprint density at radius 3 is 2.23 bits per heavy atom. The lowest BCUT2D eigenvalue weighted by Crippen LogP contribution is -2.70. The van der Waals surface area contributed by atoms with Gasteiger partial charge in [-0.1, -0.05) is 13.8 Å². The normalized spacial score (nSPS) is 39.5. The molecule has 1 spiro atoms. The smallest absolute Gasteiger partial charge is 0.158 e. The zero-order chi connectivity index (χ0) is 9.91. The summed E-state index contributed by atoms with van der Waals surface area (Å²) in [4.78, 5) is 11.2. The topological polar surface area (TPSA) is 26.3 Å². The lowest BCUT2D eigenvalue weighted by Gasteiger charge is -2.64. The summed E-state index contributed by atoms with van der Waals surface area (Å²) in [5.74, 6) is 0.184. The lowest BCUT2D eigenvalue weighted by atomic mass is 9.58. The first-order valence-electron chi connectivity index (χ1n) is 4.73. The van der Waals surface area contributed by atoms with E-state index in [9.17, 15) is 4.79 Å². The van der Waals surface area contributed by atoms with E-state index in [4.69, 9.17) is 4.74 Å². The molecule has 1 unspecified atom stereocenters. The van der Waals surface area contributed by atoms with Crippen molar-refractivity contribution in [3.05, 3.63) is 12.2 Å². The Hall–Kier alpha value is -0.630. The van der Waals surface area contributed by atoms with Gasteiger partial charge >= 0.3 is 0 Å². The van der Waals surface area contributed by atoms with Gasteiger partial charge < -0.3 is 4.74 Å². The van der Waals surface area contributed by atoms with Crippen molar-refractivity contribution in [2.45, 2.75) is 45.3 Å². The maximum Gasteiger partial charge on any atom is 0.158 e. The Morgan fingerprint density at radius 2 is 1.92 bits per heavy atom. The molecule has 0 saturated carbocycles. The maximum atomic E-state index is 11.2. The quantitative estimate of drug-likeness (QED) is 0.570. The van der Waals surface area contributed by atoms with Crippen LogP contribution in [-0.2, 0) is 9.53 Å². The van der Waals surface area contributed by atoms with Gasteiger partial charge in [0.05, 0.1) is 5.60 Å². The van der Waals surface area contributed by atoms with E-state index < -0.39 is 0 Å². The second-order valence-corrected chi connectivity index (χ2v) is 5.10. The fraction of sp³-hybridized carbons (Fsp3) is 0.727. The van der Waals surface area contributed by atoms with Gasteiger partial charge in [0.2, 0.25) is 0 Å². The molecular weight excluding hydrogens is 164 g/mol. The Balaban J connectivity index is 2.32. The monoisotopic (exact) mass is 180 g/mol. The van der Waals surface area contributed by atoms with Crippen LogP contribution in [0, 0.1) is 5.41 Å². The fourth-order valence-electron chi connectivity index (χ4n) is 2.28. The second-order valence-electron chi connectivity index (χ2n) is 5.10. The van der Waals surface area contributed by atoms with E-state index in [0.717, 1.165) is 0 Å². The van der Waals surface area contributed by atoms with Crippen molar-refractivity contribution in [2.75, 3.05) is 0 Å². The number of hydrogen-bond acceptors (Lipinski definition) is 2. The van der Waals surface area contributed by atoms with Crippen molar-refractivity contribution in [3.63, 3.8) is 0 Å². The Labute approximate surface area is 79.0 Å². The van der Waals surface area contributed by atoms with E-state index in [1.165, 1.54) is 0 Å². The predicted octanol–water partition coefficient (Wildman–Crippen LogP) is 2.09. The van der Waals surface area contributed by atoms with Crippen LogP contribution in [0.15, 0.2) is 12.2 Å². The molecule has 0 aromatic carbocycles. The van der Waals surface area contributed by atoms with Crippen LogP contribution in [0.5, 0.6) is 0 Å². The van der Waals surface area contributed by atoms with Gasteiger partial charge in [0, 0.05) is 11.8 Å². The van der Waals surface area contributed by atoms with E-state index in [0.29, 0.717) is 6.42 Å². The highest BCUT2D eigenvalue weighted by atomic mass is 16.6.